The van der Waals surface area contributed by atoms with Gasteiger partial charge in [0, 0.05) is 19.7 Å². The second-order valence-corrected chi connectivity index (χ2v) is 6.22. The Bertz CT molecular complexity index is 462. The molecule has 0 aromatic heterocycles. The lowest BCUT2D eigenvalue weighted by Crippen LogP contribution is -2.43. The van der Waals surface area contributed by atoms with Crippen LogP contribution >= 0.6 is 0 Å². The Morgan fingerprint density at radius 3 is 2.64 bits per heavy atom. The van der Waals surface area contributed by atoms with Crippen LogP contribution < -0.4 is 4.74 Å². The molecule has 0 N–H and O–H groups in total. The fourth-order valence-electron chi connectivity index (χ4n) is 3.28. The van der Waals surface area contributed by atoms with Crippen molar-refractivity contribution in [3.63, 3.8) is 0 Å². The number of likely N-dealkylation sites (tertiary alicyclic amines) is 1. The molecule has 2 heterocycles. The summed E-state index contributed by atoms with van der Waals surface area (Å²) in [5, 5.41) is 0. The van der Waals surface area contributed by atoms with Gasteiger partial charge in [-0.25, -0.2) is 0 Å². The molecule has 3 rings (SSSR count). The number of carbonyl (C=O) groups is 1. The van der Waals surface area contributed by atoms with Gasteiger partial charge in [-0.2, -0.15) is 0 Å². The van der Waals surface area contributed by atoms with E-state index in [4.69, 9.17) is 9.47 Å². The average Bonchev–Trinajstić information content (AvgIpc) is 3.10. The van der Waals surface area contributed by atoms with Crippen LogP contribution in [0.4, 0.5) is 0 Å². The van der Waals surface area contributed by atoms with E-state index in [1.54, 1.807) is 0 Å². The molecule has 1 aromatic rings. The number of piperidine rings is 1. The van der Waals surface area contributed by atoms with E-state index in [1.165, 1.54) is 0 Å². The molecule has 1 aromatic carbocycles. The monoisotopic (exact) mass is 303 g/mol. The van der Waals surface area contributed by atoms with Gasteiger partial charge in [0.05, 0.1) is 6.61 Å². The normalized spacial score (nSPS) is 22.7. The van der Waals surface area contributed by atoms with Crippen LogP contribution in [0.5, 0.6) is 5.75 Å². The van der Waals surface area contributed by atoms with Gasteiger partial charge in [-0.15, -0.1) is 0 Å². The molecule has 2 saturated heterocycles. The smallest absolute Gasteiger partial charge is 0.251 e. The van der Waals surface area contributed by atoms with Crippen LogP contribution in [0.2, 0.25) is 0 Å². The average molecular weight is 303 g/mol. The van der Waals surface area contributed by atoms with Crippen molar-refractivity contribution in [1.29, 1.82) is 0 Å². The van der Waals surface area contributed by atoms with Gasteiger partial charge in [-0.3, -0.25) is 4.79 Å². The molecule has 2 aliphatic rings. The number of rotatable bonds is 5. The molecule has 0 radical (unpaired) electrons. The molecule has 120 valence electrons. The molecule has 1 atom stereocenters. The Morgan fingerprint density at radius 2 is 1.95 bits per heavy atom. The van der Waals surface area contributed by atoms with Crippen molar-refractivity contribution < 1.29 is 14.3 Å². The summed E-state index contributed by atoms with van der Waals surface area (Å²) in [6.07, 6.45) is 4.97. The van der Waals surface area contributed by atoms with Crippen LogP contribution in [-0.4, -0.2) is 43.2 Å². The summed E-state index contributed by atoms with van der Waals surface area (Å²) < 4.78 is 11.3. The largest absolute Gasteiger partial charge is 0.494 e. The van der Waals surface area contributed by atoms with Gasteiger partial charge in [0.1, 0.15) is 11.9 Å². The molecule has 4 heteroatoms. The third-order valence-corrected chi connectivity index (χ3v) is 4.67. The maximum absolute atomic E-state index is 12.3. The quantitative estimate of drug-likeness (QED) is 0.839. The maximum atomic E-state index is 12.3. The lowest BCUT2D eigenvalue weighted by Gasteiger charge is -2.33. The molecular formula is C18H25NO3. The van der Waals surface area contributed by atoms with E-state index in [2.05, 4.69) is 0 Å². The topological polar surface area (TPSA) is 38.8 Å². The number of nitrogens with zero attached hydrogens (tertiary/aromatic N) is 1. The maximum Gasteiger partial charge on any atom is 0.251 e. The van der Waals surface area contributed by atoms with E-state index in [0.29, 0.717) is 5.92 Å². The SMILES string of the molecule is O=C([C@H]1CCCO1)N1CCC(CCOc2ccccc2)CC1. The molecule has 22 heavy (non-hydrogen) atoms. The van der Waals surface area contributed by atoms with Crippen LogP contribution in [-0.2, 0) is 9.53 Å². The van der Waals surface area contributed by atoms with Crippen molar-refractivity contribution in [2.75, 3.05) is 26.3 Å². The fourth-order valence-corrected chi connectivity index (χ4v) is 3.28. The van der Waals surface area contributed by atoms with Crippen molar-refractivity contribution >= 4 is 5.91 Å². The number of hydrogen-bond acceptors (Lipinski definition) is 3. The standard InChI is InChI=1S/C18H25NO3/c20-18(17-7-4-13-22-17)19-11-8-15(9-12-19)10-14-21-16-5-2-1-3-6-16/h1-3,5-6,15,17H,4,7-14H2/t17-/m1/s1. The van der Waals surface area contributed by atoms with Crippen LogP contribution in [0.25, 0.3) is 0 Å². The van der Waals surface area contributed by atoms with Crippen LogP contribution in [0.1, 0.15) is 32.1 Å². The first-order valence-electron chi connectivity index (χ1n) is 8.41. The van der Waals surface area contributed by atoms with Crippen LogP contribution in [0.3, 0.4) is 0 Å². The summed E-state index contributed by atoms with van der Waals surface area (Å²) in [4.78, 5) is 14.3. The highest BCUT2D eigenvalue weighted by atomic mass is 16.5. The van der Waals surface area contributed by atoms with E-state index in [9.17, 15) is 4.79 Å². The number of para-hydroxylation sites is 1. The minimum absolute atomic E-state index is 0.169. The molecule has 0 saturated carbocycles. The molecule has 4 nitrogen and oxygen atoms in total. The van der Waals surface area contributed by atoms with Gasteiger partial charge >= 0.3 is 0 Å². The molecular weight excluding hydrogens is 278 g/mol. The Morgan fingerprint density at radius 1 is 1.18 bits per heavy atom. The highest BCUT2D eigenvalue weighted by Gasteiger charge is 2.30. The van der Waals surface area contributed by atoms with E-state index < -0.39 is 0 Å². The molecule has 1 amide bonds. The first-order chi connectivity index (χ1) is 10.8. The number of amides is 1. The summed E-state index contributed by atoms with van der Waals surface area (Å²) in [6.45, 7) is 3.24. The summed E-state index contributed by atoms with van der Waals surface area (Å²) >= 11 is 0. The van der Waals surface area contributed by atoms with Crippen molar-refractivity contribution in [2.24, 2.45) is 5.92 Å². The van der Waals surface area contributed by atoms with Gasteiger partial charge in [0.15, 0.2) is 0 Å². The summed E-state index contributed by atoms with van der Waals surface area (Å²) in [5.41, 5.74) is 0. The molecule has 0 spiro atoms. The Labute approximate surface area is 132 Å². The first kappa shape index (κ1) is 15.3. The number of hydrogen-bond donors (Lipinski definition) is 0. The molecule has 2 aliphatic heterocycles. The number of ether oxygens (including phenoxy) is 2. The van der Waals surface area contributed by atoms with Gasteiger partial charge in [-0.05, 0) is 50.2 Å². The number of carbonyl (C=O) groups excluding carboxylic acids is 1. The predicted octanol–water partition coefficient (Wildman–Crippen LogP) is 2.87. The minimum Gasteiger partial charge on any atom is -0.494 e. The molecule has 2 fully saturated rings. The van der Waals surface area contributed by atoms with E-state index >= 15 is 0 Å². The van der Waals surface area contributed by atoms with Gasteiger partial charge in [0.25, 0.3) is 5.91 Å². The molecule has 0 unspecified atom stereocenters. The summed E-state index contributed by atoms with van der Waals surface area (Å²) in [5.74, 6) is 1.81. The third-order valence-electron chi connectivity index (χ3n) is 4.67. The Kier molecular flexibility index (Phi) is 5.33. The lowest BCUT2D eigenvalue weighted by atomic mass is 9.93. The first-order valence-corrected chi connectivity index (χ1v) is 8.41. The zero-order chi connectivity index (χ0) is 15.2. The van der Waals surface area contributed by atoms with Crippen molar-refractivity contribution in [2.45, 2.75) is 38.2 Å². The van der Waals surface area contributed by atoms with Crippen LogP contribution in [0.15, 0.2) is 30.3 Å². The zero-order valence-electron chi connectivity index (χ0n) is 13.1. The minimum atomic E-state index is -0.169. The van der Waals surface area contributed by atoms with Gasteiger partial charge < -0.3 is 14.4 Å². The Balaban J connectivity index is 1.36. The number of benzene rings is 1. The van der Waals surface area contributed by atoms with Crippen molar-refractivity contribution in [3.05, 3.63) is 30.3 Å². The Hall–Kier alpha value is -1.55. The second-order valence-electron chi connectivity index (χ2n) is 6.22. The van der Waals surface area contributed by atoms with Gasteiger partial charge in [0.2, 0.25) is 0 Å². The van der Waals surface area contributed by atoms with Crippen LogP contribution in [0, 0.1) is 5.92 Å². The van der Waals surface area contributed by atoms with E-state index in [1.807, 2.05) is 35.2 Å². The summed E-state index contributed by atoms with van der Waals surface area (Å²) in [7, 11) is 0. The molecule has 0 aliphatic carbocycles. The fraction of sp³-hybridized carbons (Fsp3) is 0.611. The lowest BCUT2D eigenvalue weighted by molar-refractivity contribution is -0.142. The van der Waals surface area contributed by atoms with Crippen molar-refractivity contribution in [3.8, 4) is 5.75 Å². The highest BCUT2D eigenvalue weighted by molar-refractivity contribution is 5.81. The zero-order valence-corrected chi connectivity index (χ0v) is 13.1. The highest BCUT2D eigenvalue weighted by Crippen LogP contribution is 2.23. The van der Waals surface area contributed by atoms with Gasteiger partial charge in [-0.1, -0.05) is 18.2 Å². The second kappa shape index (κ2) is 7.63. The van der Waals surface area contributed by atoms with E-state index in [0.717, 1.165) is 64.2 Å². The molecule has 0 bridgehead atoms. The summed E-state index contributed by atoms with van der Waals surface area (Å²) in [6, 6.07) is 9.95. The van der Waals surface area contributed by atoms with Crippen molar-refractivity contribution in [1.82, 2.24) is 4.90 Å². The third kappa shape index (κ3) is 4.01. The predicted molar refractivity (Wildman–Crippen MR) is 84.8 cm³/mol. The van der Waals surface area contributed by atoms with E-state index in [-0.39, 0.29) is 12.0 Å².